The number of fused-ring (bicyclic) bond motifs is 1. The molecule has 3 nitrogen and oxygen atoms in total. The quantitative estimate of drug-likeness (QED) is 0.675. The molecule has 62 valence electrons. The number of anilines is 1. The number of rotatable bonds is 1. The molecule has 0 saturated heterocycles. The third kappa shape index (κ3) is 0.922. The van der Waals surface area contributed by atoms with E-state index in [0.29, 0.717) is 10.9 Å². The summed E-state index contributed by atoms with van der Waals surface area (Å²) >= 11 is 0. The van der Waals surface area contributed by atoms with Gasteiger partial charge in [-0.2, -0.15) is 5.10 Å². The summed E-state index contributed by atoms with van der Waals surface area (Å²) in [5, 5.41) is 9.83. The van der Waals surface area contributed by atoms with E-state index < -0.39 is 0 Å². The molecule has 4 heteroatoms. The number of halogens is 1. The lowest BCUT2D eigenvalue weighted by Crippen LogP contribution is -1.88. The van der Waals surface area contributed by atoms with Crippen molar-refractivity contribution in [3.63, 3.8) is 0 Å². The van der Waals surface area contributed by atoms with Crippen LogP contribution in [-0.2, 0) is 0 Å². The first kappa shape index (κ1) is 7.09. The molecule has 1 aromatic carbocycles. The Labute approximate surface area is 68.6 Å². The average Bonchev–Trinajstić information content (AvgIpc) is 2.52. The van der Waals surface area contributed by atoms with Crippen LogP contribution in [0.15, 0.2) is 18.3 Å². The zero-order valence-corrected chi connectivity index (χ0v) is 6.56. The van der Waals surface area contributed by atoms with Gasteiger partial charge < -0.3 is 5.32 Å². The van der Waals surface area contributed by atoms with Gasteiger partial charge in [-0.3, -0.25) is 5.10 Å². The number of hydrogen-bond acceptors (Lipinski definition) is 2. The maximum atomic E-state index is 13.2. The Morgan fingerprint density at radius 3 is 3.08 bits per heavy atom. The molecule has 0 amide bonds. The number of benzene rings is 1. The van der Waals surface area contributed by atoms with Gasteiger partial charge >= 0.3 is 0 Å². The minimum Gasteiger partial charge on any atom is -0.388 e. The first-order valence-electron chi connectivity index (χ1n) is 3.61. The highest BCUT2D eigenvalue weighted by atomic mass is 19.1. The highest BCUT2D eigenvalue weighted by Crippen LogP contribution is 2.19. The second-order valence-corrected chi connectivity index (χ2v) is 2.54. The lowest BCUT2D eigenvalue weighted by atomic mass is 10.2. The maximum Gasteiger partial charge on any atom is 0.136 e. The fourth-order valence-electron chi connectivity index (χ4n) is 1.15. The summed E-state index contributed by atoms with van der Waals surface area (Å²) in [4.78, 5) is 0. The predicted octanol–water partition coefficient (Wildman–Crippen LogP) is 1.74. The van der Waals surface area contributed by atoms with Gasteiger partial charge in [0.25, 0.3) is 0 Å². The van der Waals surface area contributed by atoms with Crippen molar-refractivity contribution in [2.45, 2.75) is 0 Å². The standard InChI is InChI=1S/C8H8FN3/c1-10-5-2-7(9)6-4-11-12-8(6)3-5/h2-4,10H,1H3,(H,11,12). The van der Waals surface area contributed by atoms with Gasteiger partial charge in [0.1, 0.15) is 5.82 Å². The lowest BCUT2D eigenvalue weighted by molar-refractivity contribution is 0.640. The Balaban J connectivity index is 2.75. The van der Waals surface area contributed by atoms with Crippen molar-refractivity contribution in [2.75, 3.05) is 12.4 Å². The summed E-state index contributed by atoms with van der Waals surface area (Å²) in [7, 11) is 1.75. The van der Waals surface area contributed by atoms with Crippen molar-refractivity contribution in [1.29, 1.82) is 0 Å². The van der Waals surface area contributed by atoms with Gasteiger partial charge in [-0.05, 0) is 12.1 Å². The summed E-state index contributed by atoms with van der Waals surface area (Å²) < 4.78 is 13.2. The van der Waals surface area contributed by atoms with Crippen molar-refractivity contribution in [2.24, 2.45) is 0 Å². The molecule has 0 unspecified atom stereocenters. The molecule has 12 heavy (non-hydrogen) atoms. The fourth-order valence-corrected chi connectivity index (χ4v) is 1.15. The van der Waals surface area contributed by atoms with E-state index >= 15 is 0 Å². The molecule has 2 N–H and O–H groups in total. The van der Waals surface area contributed by atoms with Crippen molar-refractivity contribution in [1.82, 2.24) is 10.2 Å². The van der Waals surface area contributed by atoms with Crippen LogP contribution in [0.2, 0.25) is 0 Å². The van der Waals surface area contributed by atoms with Gasteiger partial charge in [-0.15, -0.1) is 0 Å². The molecule has 2 rings (SSSR count). The number of aromatic amines is 1. The molecular weight excluding hydrogens is 157 g/mol. The Morgan fingerprint density at radius 2 is 2.33 bits per heavy atom. The van der Waals surface area contributed by atoms with Crippen LogP contribution in [0.1, 0.15) is 0 Å². The van der Waals surface area contributed by atoms with Crippen LogP contribution in [0.4, 0.5) is 10.1 Å². The third-order valence-corrected chi connectivity index (χ3v) is 1.80. The minimum atomic E-state index is -0.259. The van der Waals surface area contributed by atoms with Crippen LogP contribution in [0.25, 0.3) is 10.9 Å². The van der Waals surface area contributed by atoms with Gasteiger partial charge in [0.15, 0.2) is 0 Å². The average molecular weight is 165 g/mol. The number of H-pyrrole nitrogens is 1. The van der Waals surface area contributed by atoms with E-state index in [2.05, 4.69) is 15.5 Å². The summed E-state index contributed by atoms with van der Waals surface area (Å²) in [5.74, 6) is -0.259. The van der Waals surface area contributed by atoms with Crippen LogP contribution in [0.3, 0.4) is 0 Å². The Bertz CT molecular complexity index is 408. The van der Waals surface area contributed by atoms with E-state index in [0.717, 1.165) is 5.69 Å². The molecule has 0 spiro atoms. The molecule has 0 aliphatic rings. The smallest absolute Gasteiger partial charge is 0.136 e. The molecule has 0 radical (unpaired) electrons. The van der Waals surface area contributed by atoms with E-state index in [-0.39, 0.29) is 5.82 Å². The molecule has 2 aromatic rings. The molecule has 0 aliphatic carbocycles. The van der Waals surface area contributed by atoms with Gasteiger partial charge in [0.2, 0.25) is 0 Å². The number of nitrogens with one attached hydrogen (secondary N) is 2. The van der Waals surface area contributed by atoms with Crippen molar-refractivity contribution < 1.29 is 4.39 Å². The van der Waals surface area contributed by atoms with Gasteiger partial charge in [-0.25, -0.2) is 4.39 Å². The van der Waals surface area contributed by atoms with Crippen molar-refractivity contribution >= 4 is 16.6 Å². The first-order valence-corrected chi connectivity index (χ1v) is 3.61. The van der Waals surface area contributed by atoms with E-state index in [1.165, 1.54) is 12.3 Å². The summed E-state index contributed by atoms with van der Waals surface area (Å²) in [6, 6.07) is 3.25. The Hall–Kier alpha value is -1.58. The molecule has 0 atom stereocenters. The topological polar surface area (TPSA) is 40.7 Å². The fraction of sp³-hybridized carbons (Fsp3) is 0.125. The monoisotopic (exact) mass is 165 g/mol. The molecule has 0 saturated carbocycles. The van der Waals surface area contributed by atoms with Crippen LogP contribution >= 0.6 is 0 Å². The highest BCUT2D eigenvalue weighted by Gasteiger charge is 2.03. The van der Waals surface area contributed by atoms with Crippen molar-refractivity contribution in [3.05, 3.63) is 24.1 Å². The summed E-state index contributed by atoms with van der Waals surface area (Å²) in [5.41, 5.74) is 1.45. The summed E-state index contributed by atoms with van der Waals surface area (Å²) in [6.07, 6.45) is 1.48. The van der Waals surface area contributed by atoms with Gasteiger partial charge in [-0.1, -0.05) is 0 Å². The molecule has 1 heterocycles. The second-order valence-electron chi connectivity index (χ2n) is 2.54. The number of nitrogens with zero attached hydrogens (tertiary/aromatic N) is 1. The number of aromatic nitrogens is 2. The van der Waals surface area contributed by atoms with Crippen LogP contribution in [0, 0.1) is 5.82 Å². The van der Waals surface area contributed by atoms with Crippen molar-refractivity contribution in [3.8, 4) is 0 Å². The third-order valence-electron chi connectivity index (χ3n) is 1.80. The molecule has 0 bridgehead atoms. The largest absolute Gasteiger partial charge is 0.388 e. The molecule has 0 aliphatic heterocycles. The van der Waals surface area contributed by atoms with E-state index in [1.54, 1.807) is 7.05 Å². The zero-order chi connectivity index (χ0) is 8.55. The molecule has 0 fully saturated rings. The maximum absolute atomic E-state index is 13.2. The van der Waals surface area contributed by atoms with E-state index in [4.69, 9.17) is 0 Å². The molecular formula is C8H8FN3. The normalized spacial score (nSPS) is 10.5. The zero-order valence-electron chi connectivity index (χ0n) is 6.56. The Morgan fingerprint density at radius 1 is 1.50 bits per heavy atom. The van der Waals surface area contributed by atoms with E-state index in [1.807, 2.05) is 6.07 Å². The summed E-state index contributed by atoms with van der Waals surface area (Å²) in [6.45, 7) is 0. The van der Waals surface area contributed by atoms with Crippen LogP contribution in [0.5, 0.6) is 0 Å². The SMILES string of the molecule is CNc1cc(F)c2cn[nH]c2c1. The minimum absolute atomic E-state index is 0.259. The Kier molecular flexibility index (Phi) is 1.46. The van der Waals surface area contributed by atoms with Gasteiger partial charge in [0, 0.05) is 12.7 Å². The predicted molar refractivity (Wildman–Crippen MR) is 45.6 cm³/mol. The number of hydrogen-bond donors (Lipinski definition) is 2. The highest BCUT2D eigenvalue weighted by molar-refractivity contribution is 5.82. The lowest BCUT2D eigenvalue weighted by Gasteiger charge is -1.99. The molecule has 1 aromatic heterocycles. The van der Waals surface area contributed by atoms with Crippen LogP contribution in [-0.4, -0.2) is 17.2 Å². The first-order chi connectivity index (χ1) is 5.81. The van der Waals surface area contributed by atoms with Crippen LogP contribution < -0.4 is 5.32 Å². The second kappa shape index (κ2) is 2.48. The van der Waals surface area contributed by atoms with Gasteiger partial charge in [0.05, 0.1) is 17.1 Å². The van der Waals surface area contributed by atoms with E-state index in [9.17, 15) is 4.39 Å².